The zero-order valence-electron chi connectivity index (χ0n) is 12.6. The molecular weight excluding hydrogens is 362 g/mol. The number of benzene rings is 3. The zero-order valence-corrected chi connectivity index (χ0v) is 15.0. The fourth-order valence-corrected chi connectivity index (χ4v) is 3.32. The van der Waals surface area contributed by atoms with Crippen LogP contribution in [0.15, 0.2) is 53.0 Å². The third kappa shape index (κ3) is 3.28. The van der Waals surface area contributed by atoms with Gasteiger partial charge in [0.1, 0.15) is 0 Å². The molecule has 0 saturated carbocycles. The minimum absolute atomic E-state index is 0. The van der Waals surface area contributed by atoms with Gasteiger partial charge in [-0.05, 0) is 53.3 Å². The lowest BCUT2D eigenvalue weighted by atomic mass is 9.98. The van der Waals surface area contributed by atoms with Crippen molar-refractivity contribution in [1.82, 2.24) is 4.90 Å². The van der Waals surface area contributed by atoms with Gasteiger partial charge in [0.05, 0.1) is 6.10 Å². The summed E-state index contributed by atoms with van der Waals surface area (Å²) in [7, 11) is 3.94. The van der Waals surface area contributed by atoms with Gasteiger partial charge in [0.15, 0.2) is 0 Å². The number of fused-ring (bicyclic) bond motifs is 3. The van der Waals surface area contributed by atoms with E-state index in [0.29, 0.717) is 6.54 Å². The largest absolute Gasteiger partial charge is 0.387 e. The van der Waals surface area contributed by atoms with Gasteiger partial charge in [-0.1, -0.05) is 52.3 Å². The van der Waals surface area contributed by atoms with Gasteiger partial charge in [-0.3, -0.25) is 0 Å². The molecule has 0 saturated heterocycles. The van der Waals surface area contributed by atoms with Gasteiger partial charge in [-0.25, -0.2) is 0 Å². The van der Waals surface area contributed by atoms with E-state index in [1.807, 2.05) is 31.1 Å². The summed E-state index contributed by atoms with van der Waals surface area (Å²) in [5.74, 6) is 0. The number of aliphatic hydroxyl groups is 1. The van der Waals surface area contributed by atoms with Crippen molar-refractivity contribution in [2.45, 2.75) is 6.10 Å². The van der Waals surface area contributed by atoms with Crippen LogP contribution >= 0.6 is 28.3 Å². The van der Waals surface area contributed by atoms with Crippen LogP contribution in [-0.2, 0) is 0 Å². The summed E-state index contributed by atoms with van der Waals surface area (Å²) in [6.45, 7) is 0.625. The van der Waals surface area contributed by atoms with E-state index in [1.54, 1.807) is 0 Å². The number of nitrogens with zero attached hydrogens (tertiary/aromatic N) is 1. The van der Waals surface area contributed by atoms with Crippen LogP contribution in [0.1, 0.15) is 11.7 Å². The molecule has 0 aliphatic heterocycles. The molecule has 0 aromatic heterocycles. The minimum Gasteiger partial charge on any atom is -0.387 e. The highest BCUT2D eigenvalue weighted by Crippen LogP contribution is 2.33. The molecule has 3 rings (SSSR count). The minimum atomic E-state index is -0.466. The van der Waals surface area contributed by atoms with E-state index in [-0.39, 0.29) is 12.4 Å². The summed E-state index contributed by atoms with van der Waals surface area (Å²) in [4.78, 5) is 1.99. The topological polar surface area (TPSA) is 23.5 Å². The fourth-order valence-electron chi connectivity index (χ4n) is 2.73. The Labute approximate surface area is 145 Å². The molecule has 4 heteroatoms. The monoisotopic (exact) mass is 379 g/mol. The Bertz CT molecular complexity index is 804. The summed E-state index contributed by atoms with van der Waals surface area (Å²) in [6, 6.07) is 16.7. The predicted octanol–water partition coefficient (Wildman–Crippen LogP) is 4.77. The van der Waals surface area contributed by atoms with E-state index in [9.17, 15) is 5.11 Å². The van der Waals surface area contributed by atoms with E-state index in [1.165, 1.54) is 21.5 Å². The molecule has 0 aliphatic rings. The number of hydrogen-bond donors (Lipinski definition) is 1. The van der Waals surface area contributed by atoms with Gasteiger partial charge in [0, 0.05) is 11.0 Å². The summed E-state index contributed by atoms with van der Waals surface area (Å²) in [6.07, 6.45) is -0.466. The Morgan fingerprint density at radius 2 is 1.68 bits per heavy atom. The van der Waals surface area contributed by atoms with Crippen LogP contribution in [0.5, 0.6) is 0 Å². The van der Waals surface area contributed by atoms with Crippen LogP contribution in [0.4, 0.5) is 0 Å². The summed E-state index contributed by atoms with van der Waals surface area (Å²) >= 11 is 3.64. The summed E-state index contributed by atoms with van der Waals surface area (Å²) in [5, 5.41) is 15.1. The maximum absolute atomic E-state index is 10.3. The van der Waals surface area contributed by atoms with Crippen LogP contribution in [0, 0.1) is 0 Å². The molecule has 3 aromatic rings. The molecule has 1 N–H and O–H groups in total. The average molecular weight is 381 g/mol. The Morgan fingerprint density at radius 1 is 1.00 bits per heavy atom. The molecule has 0 spiro atoms. The van der Waals surface area contributed by atoms with Crippen LogP contribution in [0.3, 0.4) is 0 Å². The Hall–Kier alpha value is -1.13. The first-order valence-electron chi connectivity index (χ1n) is 7.00. The number of hydrogen-bond acceptors (Lipinski definition) is 2. The van der Waals surface area contributed by atoms with Gasteiger partial charge < -0.3 is 10.0 Å². The second kappa shape index (κ2) is 6.97. The Morgan fingerprint density at radius 3 is 2.36 bits per heavy atom. The second-order valence-electron chi connectivity index (χ2n) is 5.66. The van der Waals surface area contributed by atoms with Crippen molar-refractivity contribution in [3.05, 3.63) is 58.6 Å². The summed E-state index contributed by atoms with van der Waals surface area (Å²) < 4.78 is 1.10. The molecule has 0 fully saturated rings. The smallest absolute Gasteiger partial charge is 0.0916 e. The van der Waals surface area contributed by atoms with Crippen LogP contribution in [-0.4, -0.2) is 30.6 Å². The lowest BCUT2D eigenvalue weighted by molar-refractivity contribution is 0.138. The molecule has 0 aliphatic carbocycles. The van der Waals surface area contributed by atoms with Crippen molar-refractivity contribution >= 4 is 49.9 Å². The predicted molar refractivity (Wildman–Crippen MR) is 99.9 cm³/mol. The maximum Gasteiger partial charge on any atom is 0.0916 e. The first-order chi connectivity index (χ1) is 10.1. The standard InChI is InChI=1S/C18H18BrNO.ClH/c1-20(2)11-18(21)13-8-7-12-10-17(19)15-6-4-3-5-14(15)16(12)9-13;/h3-10,18,21H,11H2,1-2H3;1H. The molecule has 2 nitrogen and oxygen atoms in total. The highest BCUT2D eigenvalue weighted by molar-refractivity contribution is 9.10. The van der Waals surface area contributed by atoms with Gasteiger partial charge in [0.2, 0.25) is 0 Å². The highest BCUT2D eigenvalue weighted by Gasteiger charge is 2.11. The van der Waals surface area contributed by atoms with E-state index in [4.69, 9.17) is 0 Å². The normalized spacial score (nSPS) is 12.6. The van der Waals surface area contributed by atoms with Crippen molar-refractivity contribution in [2.24, 2.45) is 0 Å². The molecule has 0 radical (unpaired) electrons. The van der Waals surface area contributed by atoms with Gasteiger partial charge in [-0.15, -0.1) is 12.4 Å². The first-order valence-corrected chi connectivity index (χ1v) is 7.79. The van der Waals surface area contributed by atoms with E-state index >= 15 is 0 Å². The Kier molecular flexibility index (Phi) is 5.45. The number of likely N-dealkylation sites (N-methyl/N-ethyl adjacent to an activating group) is 1. The van der Waals surface area contributed by atoms with Crippen LogP contribution < -0.4 is 0 Å². The van der Waals surface area contributed by atoms with Crippen molar-refractivity contribution in [3.8, 4) is 0 Å². The van der Waals surface area contributed by atoms with Gasteiger partial charge in [0.25, 0.3) is 0 Å². The van der Waals surface area contributed by atoms with Crippen molar-refractivity contribution in [2.75, 3.05) is 20.6 Å². The maximum atomic E-state index is 10.3. The quantitative estimate of drug-likeness (QED) is 0.661. The van der Waals surface area contributed by atoms with E-state index < -0.39 is 6.10 Å². The molecule has 22 heavy (non-hydrogen) atoms. The molecule has 0 heterocycles. The van der Waals surface area contributed by atoms with Crippen molar-refractivity contribution in [1.29, 1.82) is 0 Å². The zero-order chi connectivity index (χ0) is 15.0. The molecule has 1 atom stereocenters. The van der Waals surface area contributed by atoms with Gasteiger partial charge in [-0.2, -0.15) is 0 Å². The number of aliphatic hydroxyl groups excluding tert-OH is 1. The highest BCUT2D eigenvalue weighted by atomic mass is 79.9. The van der Waals surface area contributed by atoms with Crippen molar-refractivity contribution < 1.29 is 5.11 Å². The SMILES string of the molecule is CN(C)CC(O)c1ccc2cc(Br)c3ccccc3c2c1.Cl. The lowest BCUT2D eigenvalue weighted by Gasteiger charge is -2.17. The second-order valence-corrected chi connectivity index (χ2v) is 6.52. The van der Waals surface area contributed by atoms with Crippen LogP contribution in [0.25, 0.3) is 21.5 Å². The average Bonchev–Trinajstić information content (AvgIpc) is 2.46. The molecule has 3 aromatic carbocycles. The number of halogens is 2. The molecule has 116 valence electrons. The van der Waals surface area contributed by atoms with E-state index in [2.05, 4.69) is 52.3 Å². The van der Waals surface area contributed by atoms with E-state index in [0.717, 1.165) is 10.0 Å². The molecule has 0 amide bonds. The Balaban J connectivity index is 0.00000176. The fraction of sp³-hybridized carbons (Fsp3) is 0.222. The third-order valence-corrected chi connectivity index (χ3v) is 4.41. The number of rotatable bonds is 3. The molecular formula is C18H19BrClNO. The van der Waals surface area contributed by atoms with Crippen LogP contribution in [0.2, 0.25) is 0 Å². The molecule has 0 bridgehead atoms. The first kappa shape index (κ1) is 17.2. The lowest BCUT2D eigenvalue weighted by Crippen LogP contribution is -2.19. The molecule has 1 unspecified atom stereocenters. The van der Waals surface area contributed by atoms with Crippen molar-refractivity contribution in [3.63, 3.8) is 0 Å². The summed E-state index contributed by atoms with van der Waals surface area (Å²) in [5.41, 5.74) is 0.962. The van der Waals surface area contributed by atoms with Gasteiger partial charge >= 0.3 is 0 Å². The third-order valence-electron chi connectivity index (χ3n) is 3.76.